The standard InChI is InChI=1S/C28H24F3N3O4S/c1-3-39(36,37)21-11-8-19(9-12-21)16-27(35)34-20-10-13-22(24(17-20)25-14-15-32-18(2)33-25)23-6-4-5-7-26(23)38-28(29,30)31/h4-15,17H,3,16H2,1-2H3,(H,34,35). The number of hydrogen-bond acceptors (Lipinski definition) is 6. The van der Waals surface area contributed by atoms with Gasteiger partial charge in [0.2, 0.25) is 5.91 Å². The van der Waals surface area contributed by atoms with Crippen molar-refractivity contribution in [1.82, 2.24) is 9.97 Å². The molecule has 0 atom stereocenters. The predicted octanol–water partition coefficient (Wildman–Crippen LogP) is 5.99. The fraction of sp³-hybridized carbons (Fsp3) is 0.179. The smallest absolute Gasteiger partial charge is 0.405 e. The number of nitrogens with zero attached hydrogens (tertiary/aromatic N) is 2. The van der Waals surface area contributed by atoms with E-state index in [-0.39, 0.29) is 34.3 Å². The van der Waals surface area contributed by atoms with Gasteiger partial charge in [-0.3, -0.25) is 4.79 Å². The Kier molecular flexibility index (Phi) is 8.01. The Morgan fingerprint density at radius 2 is 1.67 bits per heavy atom. The van der Waals surface area contributed by atoms with Crippen LogP contribution in [0.3, 0.4) is 0 Å². The van der Waals surface area contributed by atoms with E-state index in [4.69, 9.17) is 0 Å². The fourth-order valence-electron chi connectivity index (χ4n) is 3.95. The molecule has 0 spiro atoms. The van der Waals surface area contributed by atoms with Crippen LogP contribution in [-0.4, -0.2) is 36.4 Å². The first-order chi connectivity index (χ1) is 18.4. The van der Waals surface area contributed by atoms with Crippen LogP contribution in [0.4, 0.5) is 18.9 Å². The van der Waals surface area contributed by atoms with E-state index < -0.39 is 16.2 Å². The zero-order chi connectivity index (χ0) is 28.2. The van der Waals surface area contributed by atoms with E-state index in [9.17, 15) is 26.4 Å². The fourth-order valence-corrected chi connectivity index (χ4v) is 4.83. The number of carbonyl (C=O) groups is 1. The van der Waals surface area contributed by atoms with Gasteiger partial charge in [0.1, 0.15) is 11.6 Å². The summed E-state index contributed by atoms with van der Waals surface area (Å²) in [5.74, 6) is -0.299. The molecule has 3 aromatic carbocycles. The molecule has 0 saturated carbocycles. The molecule has 4 rings (SSSR count). The van der Waals surface area contributed by atoms with Gasteiger partial charge in [-0.05, 0) is 54.4 Å². The molecular formula is C28H24F3N3O4S. The molecule has 0 unspecified atom stereocenters. The first-order valence-corrected chi connectivity index (χ1v) is 13.5. The monoisotopic (exact) mass is 555 g/mol. The maximum Gasteiger partial charge on any atom is 0.573 e. The van der Waals surface area contributed by atoms with E-state index >= 15 is 0 Å². The van der Waals surface area contributed by atoms with Gasteiger partial charge in [0.05, 0.1) is 22.8 Å². The van der Waals surface area contributed by atoms with Crippen LogP contribution in [0.1, 0.15) is 18.3 Å². The summed E-state index contributed by atoms with van der Waals surface area (Å²) in [4.78, 5) is 21.5. The van der Waals surface area contributed by atoms with Gasteiger partial charge in [-0.25, -0.2) is 18.4 Å². The molecule has 1 amide bonds. The molecule has 1 aromatic heterocycles. The van der Waals surface area contributed by atoms with Crippen molar-refractivity contribution in [3.8, 4) is 28.1 Å². The van der Waals surface area contributed by atoms with Crippen molar-refractivity contribution in [2.24, 2.45) is 0 Å². The number of alkyl halides is 3. The molecule has 11 heteroatoms. The molecular weight excluding hydrogens is 531 g/mol. The van der Waals surface area contributed by atoms with E-state index in [1.807, 2.05) is 0 Å². The van der Waals surface area contributed by atoms with Crippen molar-refractivity contribution in [2.45, 2.75) is 31.5 Å². The van der Waals surface area contributed by atoms with Gasteiger partial charge in [-0.2, -0.15) is 0 Å². The summed E-state index contributed by atoms with van der Waals surface area (Å²) in [5, 5.41) is 2.79. The molecule has 4 aromatic rings. The summed E-state index contributed by atoms with van der Waals surface area (Å²) in [6.45, 7) is 3.24. The maximum absolute atomic E-state index is 13.1. The Bertz CT molecular complexity index is 1610. The third kappa shape index (κ3) is 6.99. The molecule has 0 fully saturated rings. The van der Waals surface area contributed by atoms with E-state index in [1.165, 1.54) is 36.5 Å². The van der Waals surface area contributed by atoms with Gasteiger partial charge in [-0.15, -0.1) is 13.2 Å². The minimum absolute atomic E-state index is 0.0155. The summed E-state index contributed by atoms with van der Waals surface area (Å²) in [6, 6.07) is 18.3. The lowest BCUT2D eigenvalue weighted by molar-refractivity contribution is -0.274. The third-order valence-corrected chi connectivity index (χ3v) is 7.54. The SMILES string of the molecule is CCS(=O)(=O)c1ccc(CC(=O)Nc2ccc(-c3ccccc3OC(F)(F)F)c(-c3ccnc(C)n3)c2)cc1. The third-order valence-electron chi connectivity index (χ3n) is 5.79. The van der Waals surface area contributed by atoms with Crippen LogP contribution in [0.5, 0.6) is 5.75 Å². The van der Waals surface area contributed by atoms with Crippen LogP contribution >= 0.6 is 0 Å². The van der Waals surface area contributed by atoms with Gasteiger partial charge in [0, 0.05) is 23.0 Å². The summed E-state index contributed by atoms with van der Waals surface area (Å²) in [5.41, 5.74) is 2.53. The van der Waals surface area contributed by atoms with Gasteiger partial charge in [0.15, 0.2) is 9.84 Å². The Hall–Kier alpha value is -4.25. The van der Waals surface area contributed by atoms with Gasteiger partial charge in [-0.1, -0.05) is 43.3 Å². The number of aromatic nitrogens is 2. The second kappa shape index (κ2) is 11.2. The largest absolute Gasteiger partial charge is 0.573 e. The number of nitrogens with one attached hydrogen (secondary N) is 1. The topological polar surface area (TPSA) is 98.2 Å². The van der Waals surface area contributed by atoms with E-state index in [2.05, 4.69) is 20.0 Å². The summed E-state index contributed by atoms with van der Waals surface area (Å²) in [7, 11) is -3.35. The number of carbonyl (C=O) groups excluding carboxylic acids is 1. The van der Waals surface area contributed by atoms with Crippen LogP contribution < -0.4 is 10.1 Å². The number of halogens is 3. The first-order valence-electron chi connectivity index (χ1n) is 11.9. The molecule has 7 nitrogen and oxygen atoms in total. The molecule has 39 heavy (non-hydrogen) atoms. The molecule has 0 aliphatic heterocycles. The highest BCUT2D eigenvalue weighted by Crippen LogP contribution is 2.40. The van der Waals surface area contributed by atoms with Crippen LogP contribution in [0.2, 0.25) is 0 Å². The zero-order valence-electron chi connectivity index (χ0n) is 21.0. The number of rotatable bonds is 8. The number of hydrogen-bond donors (Lipinski definition) is 1. The predicted molar refractivity (Wildman–Crippen MR) is 141 cm³/mol. The van der Waals surface area contributed by atoms with Crippen molar-refractivity contribution in [2.75, 3.05) is 11.1 Å². The second-order valence-electron chi connectivity index (χ2n) is 8.57. The Labute approximate surface area is 223 Å². The van der Waals surface area contributed by atoms with Gasteiger partial charge < -0.3 is 10.1 Å². The number of ether oxygens (including phenoxy) is 1. The summed E-state index contributed by atoms with van der Waals surface area (Å²) < 4.78 is 67.5. The lowest BCUT2D eigenvalue weighted by Crippen LogP contribution is -2.17. The molecule has 0 aliphatic rings. The van der Waals surface area contributed by atoms with Crippen LogP contribution in [0, 0.1) is 6.92 Å². The van der Waals surface area contributed by atoms with E-state index in [1.54, 1.807) is 56.3 Å². The Morgan fingerprint density at radius 3 is 2.33 bits per heavy atom. The number of anilines is 1. The average Bonchev–Trinajstić information content (AvgIpc) is 2.88. The van der Waals surface area contributed by atoms with Crippen molar-refractivity contribution >= 4 is 21.4 Å². The highest BCUT2D eigenvalue weighted by molar-refractivity contribution is 7.91. The Balaban J connectivity index is 1.66. The van der Waals surface area contributed by atoms with Gasteiger partial charge >= 0.3 is 6.36 Å². The normalized spacial score (nSPS) is 11.7. The highest BCUT2D eigenvalue weighted by Gasteiger charge is 2.32. The number of amides is 1. The number of aryl methyl sites for hydroxylation is 1. The lowest BCUT2D eigenvalue weighted by Gasteiger charge is -2.17. The zero-order valence-corrected chi connectivity index (χ0v) is 21.8. The Morgan fingerprint density at radius 1 is 0.949 bits per heavy atom. The van der Waals surface area contributed by atoms with Gasteiger partial charge in [0.25, 0.3) is 0 Å². The molecule has 1 heterocycles. The number of benzene rings is 3. The maximum atomic E-state index is 13.1. The lowest BCUT2D eigenvalue weighted by atomic mass is 9.96. The van der Waals surface area contributed by atoms with Crippen molar-refractivity contribution < 1.29 is 31.1 Å². The van der Waals surface area contributed by atoms with E-state index in [0.717, 1.165) is 0 Å². The second-order valence-corrected chi connectivity index (χ2v) is 10.8. The van der Waals surface area contributed by atoms with Crippen molar-refractivity contribution in [1.29, 1.82) is 0 Å². The molecule has 0 aliphatic carbocycles. The minimum atomic E-state index is -4.88. The first kappa shape index (κ1) is 27.8. The molecule has 0 bridgehead atoms. The molecule has 0 radical (unpaired) electrons. The van der Waals surface area contributed by atoms with E-state index in [0.29, 0.717) is 33.9 Å². The average molecular weight is 556 g/mol. The summed E-state index contributed by atoms with van der Waals surface area (Å²) >= 11 is 0. The molecule has 0 saturated heterocycles. The van der Waals surface area contributed by atoms with Crippen LogP contribution in [-0.2, 0) is 21.1 Å². The number of para-hydroxylation sites is 1. The highest BCUT2D eigenvalue weighted by atomic mass is 32.2. The summed E-state index contributed by atoms with van der Waals surface area (Å²) in [6.07, 6.45) is -3.36. The van der Waals surface area contributed by atoms with Crippen LogP contribution in [0.25, 0.3) is 22.4 Å². The van der Waals surface area contributed by atoms with Crippen LogP contribution in [0.15, 0.2) is 83.9 Å². The van der Waals surface area contributed by atoms with Crippen molar-refractivity contribution in [3.05, 3.63) is 90.4 Å². The number of sulfone groups is 1. The molecule has 202 valence electrons. The van der Waals surface area contributed by atoms with Crippen molar-refractivity contribution in [3.63, 3.8) is 0 Å². The quantitative estimate of drug-likeness (QED) is 0.287. The minimum Gasteiger partial charge on any atom is -0.405 e. The molecule has 1 N–H and O–H groups in total.